The van der Waals surface area contributed by atoms with Crippen LogP contribution < -0.4 is 0 Å². The highest BCUT2D eigenvalue weighted by molar-refractivity contribution is 5.71. The SMILES string of the molecule is CCCCCC/C=C\CCCCCCCC(=O)OCC(COC(=O)CCCCCCCCCCCCCCCCCCCCC/C=C\CCCCCCCCCC)OC(=O)CCCCCCCCC/C=C\CCCCCCCCC. The average molecular weight is 1120 g/mol. The Morgan fingerprint density at radius 2 is 0.412 bits per heavy atom. The van der Waals surface area contributed by atoms with Crippen molar-refractivity contribution in [3.8, 4) is 0 Å². The van der Waals surface area contributed by atoms with Gasteiger partial charge in [-0.3, -0.25) is 14.4 Å². The summed E-state index contributed by atoms with van der Waals surface area (Å²) < 4.78 is 17.0. The summed E-state index contributed by atoms with van der Waals surface area (Å²) >= 11 is 0. The Labute approximate surface area is 499 Å². The van der Waals surface area contributed by atoms with Crippen LogP contribution in [-0.2, 0) is 28.6 Å². The summed E-state index contributed by atoms with van der Waals surface area (Å²) in [5.74, 6) is -0.859. The Bertz CT molecular complexity index is 1340. The van der Waals surface area contributed by atoms with Crippen LogP contribution in [0, 0.1) is 0 Å². The van der Waals surface area contributed by atoms with Crippen molar-refractivity contribution in [2.45, 2.75) is 406 Å². The summed E-state index contributed by atoms with van der Waals surface area (Å²) in [4.78, 5) is 38.4. The lowest BCUT2D eigenvalue weighted by molar-refractivity contribution is -0.167. The number of carbonyl (C=O) groups excluding carboxylic acids is 3. The van der Waals surface area contributed by atoms with E-state index < -0.39 is 6.10 Å². The Morgan fingerprint density at radius 3 is 0.637 bits per heavy atom. The van der Waals surface area contributed by atoms with Gasteiger partial charge in [0.15, 0.2) is 6.10 Å². The van der Waals surface area contributed by atoms with Crippen molar-refractivity contribution in [2.75, 3.05) is 13.2 Å². The van der Waals surface area contributed by atoms with Crippen molar-refractivity contribution in [3.63, 3.8) is 0 Å². The van der Waals surface area contributed by atoms with E-state index in [-0.39, 0.29) is 31.1 Å². The van der Waals surface area contributed by atoms with Gasteiger partial charge in [-0.25, -0.2) is 0 Å². The third-order valence-electron chi connectivity index (χ3n) is 16.3. The van der Waals surface area contributed by atoms with Crippen LogP contribution in [0.25, 0.3) is 0 Å². The standard InChI is InChI=1S/C74H138O6/c1-4-7-10-13-16-19-22-25-27-29-31-32-33-34-35-36-37-38-39-40-41-42-43-45-46-49-52-55-58-61-64-67-73(76)79-70-71(69-78-72(75)66-63-60-57-54-51-48-24-21-18-15-12-9-6-3)80-74(77)68-65-62-59-56-53-50-47-44-30-28-26-23-20-17-14-11-8-5-2/h21,24,28-31,71H,4-20,22-23,25-27,32-70H2,1-3H3/b24-21-,30-28-,31-29-. The minimum absolute atomic E-state index is 0.0720. The predicted octanol–water partition coefficient (Wildman–Crippen LogP) is 24.7. The van der Waals surface area contributed by atoms with Crippen molar-refractivity contribution in [1.82, 2.24) is 0 Å². The Hall–Kier alpha value is -2.37. The number of rotatable bonds is 67. The highest BCUT2D eigenvalue weighted by Gasteiger charge is 2.19. The maximum absolute atomic E-state index is 12.9. The Morgan fingerprint density at radius 1 is 0.237 bits per heavy atom. The molecule has 0 radical (unpaired) electrons. The fourth-order valence-electron chi connectivity index (χ4n) is 10.9. The van der Waals surface area contributed by atoms with Gasteiger partial charge >= 0.3 is 17.9 Å². The van der Waals surface area contributed by atoms with E-state index in [9.17, 15) is 14.4 Å². The van der Waals surface area contributed by atoms with Gasteiger partial charge in [0.1, 0.15) is 13.2 Å². The molecule has 470 valence electrons. The molecule has 0 saturated carbocycles. The predicted molar refractivity (Wildman–Crippen MR) is 349 cm³/mol. The smallest absolute Gasteiger partial charge is 0.306 e. The summed E-state index contributed by atoms with van der Waals surface area (Å²) in [6, 6.07) is 0. The quantitative estimate of drug-likeness (QED) is 0.0261. The summed E-state index contributed by atoms with van der Waals surface area (Å²) in [6.07, 6.45) is 86.2. The molecule has 0 N–H and O–H groups in total. The lowest BCUT2D eigenvalue weighted by Crippen LogP contribution is -2.30. The van der Waals surface area contributed by atoms with Gasteiger partial charge in [0, 0.05) is 19.3 Å². The largest absolute Gasteiger partial charge is 0.462 e. The molecule has 0 saturated heterocycles. The first-order valence-corrected chi connectivity index (χ1v) is 36.0. The van der Waals surface area contributed by atoms with E-state index in [0.717, 1.165) is 64.2 Å². The van der Waals surface area contributed by atoms with Gasteiger partial charge in [0.05, 0.1) is 0 Å². The number of unbranched alkanes of at least 4 members (excludes halogenated alkanes) is 50. The summed E-state index contributed by atoms with van der Waals surface area (Å²) in [5.41, 5.74) is 0. The van der Waals surface area contributed by atoms with Crippen LogP contribution in [0.1, 0.15) is 400 Å². The lowest BCUT2D eigenvalue weighted by atomic mass is 10.0. The number of ether oxygens (including phenoxy) is 3. The van der Waals surface area contributed by atoms with Crippen molar-refractivity contribution in [1.29, 1.82) is 0 Å². The highest BCUT2D eigenvalue weighted by atomic mass is 16.6. The molecule has 0 aromatic carbocycles. The molecule has 0 aromatic heterocycles. The molecule has 0 aliphatic carbocycles. The van der Waals surface area contributed by atoms with E-state index >= 15 is 0 Å². The number of hydrogen-bond donors (Lipinski definition) is 0. The number of hydrogen-bond acceptors (Lipinski definition) is 6. The molecular weight excluding hydrogens is 985 g/mol. The molecule has 0 bridgehead atoms. The summed E-state index contributed by atoms with van der Waals surface area (Å²) in [7, 11) is 0. The van der Waals surface area contributed by atoms with E-state index in [2.05, 4.69) is 57.2 Å². The van der Waals surface area contributed by atoms with Gasteiger partial charge in [0.2, 0.25) is 0 Å². The maximum atomic E-state index is 12.9. The zero-order valence-electron chi connectivity index (χ0n) is 54.1. The third kappa shape index (κ3) is 66.4. The minimum Gasteiger partial charge on any atom is -0.462 e. The Balaban J connectivity index is 4.15. The van der Waals surface area contributed by atoms with E-state index in [0.29, 0.717) is 19.3 Å². The molecular formula is C74H138O6. The van der Waals surface area contributed by atoms with Crippen LogP contribution in [0.4, 0.5) is 0 Å². The van der Waals surface area contributed by atoms with E-state index in [4.69, 9.17) is 14.2 Å². The third-order valence-corrected chi connectivity index (χ3v) is 16.3. The number of carbonyl (C=O) groups is 3. The molecule has 0 rings (SSSR count). The molecule has 0 aliphatic heterocycles. The molecule has 0 amide bonds. The molecule has 80 heavy (non-hydrogen) atoms. The molecule has 0 heterocycles. The average Bonchev–Trinajstić information content (AvgIpc) is 3.46. The molecule has 0 fully saturated rings. The Kier molecular flexibility index (Phi) is 67.1. The first-order valence-electron chi connectivity index (χ1n) is 36.0. The van der Waals surface area contributed by atoms with Crippen molar-refractivity contribution in [3.05, 3.63) is 36.5 Å². The maximum Gasteiger partial charge on any atom is 0.306 e. The van der Waals surface area contributed by atoms with Crippen LogP contribution in [0.5, 0.6) is 0 Å². The van der Waals surface area contributed by atoms with Crippen molar-refractivity contribution in [2.24, 2.45) is 0 Å². The van der Waals surface area contributed by atoms with Gasteiger partial charge in [0.25, 0.3) is 0 Å². The van der Waals surface area contributed by atoms with Crippen LogP contribution in [0.3, 0.4) is 0 Å². The molecule has 0 aliphatic rings. The van der Waals surface area contributed by atoms with Crippen LogP contribution in [-0.4, -0.2) is 37.2 Å². The number of esters is 3. The lowest BCUT2D eigenvalue weighted by Gasteiger charge is -2.18. The fraction of sp³-hybridized carbons (Fsp3) is 0.878. The zero-order chi connectivity index (χ0) is 57.8. The van der Waals surface area contributed by atoms with Crippen LogP contribution >= 0.6 is 0 Å². The summed E-state index contributed by atoms with van der Waals surface area (Å²) in [5, 5.41) is 0. The van der Waals surface area contributed by atoms with Gasteiger partial charge in [-0.1, -0.05) is 320 Å². The van der Waals surface area contributed by atoms with Crippen molar-refractivity contribution >= 4 is 17.9 Å². The topological polar surface area (TPSA) is 78.9 Å². The molecule has 1 atom stereocenters. The normalized spacial score (nSPS) is 12.2. The zero-order valence-corrected chi connectivity index (χ0v) is 54.1. The van der Waals surface area contributed by atoms with E-state index in [1.54, 1.807) is 0 Å². The second kappa shape index (κ2) is 69.1. The fourth-order valence-corrected chi connectivity index (χ4v) is 10.9. The summed E-state index contributed by atoms with van der Waals surface area (Å²) in [6.45, 7) is 6.68. The molecule has 6 heteroatoms. The molecule has 0 spiro atoms. The second-order valence-corrected chi connectivity index (χ2v) is 24.5. The second-order valence-electron chi connectivity index (χ2n) is 24.5. The van der Waals surface area contributed by atoms with Crippen LogP contribution in [0.15, 0.2) is 36.5 Å². The van der Waals surface area contributed by atoms with Crippen LogP contribution in [0.2, 0.25) is 0 Å². The van der Waals surface area contributed by atoms with E-state index in [1.165, 1.54) is 295 Å². The highest BCUT2D eigenvalue weighted by Crippen LogP contribution is 2.18. The van der Waals surface area contributed by atoms with E-state index in [1.807, 2.05) is 0 Å². The van der Waals surface area contributed by atoms with Gasteiger partial charge in [-0.05, 0) is 96.3 Å². The molecule has 0 aromatic rings. The van der Waals surface area contributed by atoms with Gasteiger partial charge < -0.3 is 14.2 Å². The monoisotopic (exact) mass is 1120 g/mol. The minimum atomic E-state index is -0.776. The molecule has 6 nitrogen and oxygen atoms in total. The van der Waals surface area contributed by atoms with Gasteiger partial charge in [-0.15, -0.1) is 0 Å². The van der Waals surface area contributed by atoms with Gasteiger partial charge in [-0.2, -0.15) is 0 Å². The first-order chi connectivity index (χ1) is 39.5. The van der Waals surface area contributed by atoms with Crippen molar-refractivity contribution < 1.29 is 28.6 Å². The molecule has 1 unspecified atom stereocenters. The number of allylic oxidation sites excluding steroid dienone is 6. The first kappa shape index (κ1) is 77.6.